The fourth-order valence-corrected chi connectivity index (χ4v) is 3.20. The number of halogens is 2. The van der Waals surface area contributed by atoms with Crippen LogP contribution < -0.4 is 0 Å². The first-order valence-corrected chi connectivity index (χ1v) is 8.70. The number of para-hydroxylation sites is 1. The predicted molar refractivity (Wildman–Crippen MR) is 98.3 cm³/mol. The Morgan fingerprint density at radius 3 is 2.63 bits per heavy atom. The van der Waals surface area contributed by atoms with Crippen LogP contribution in [-0.4, -0.2) is 30.0 Å². The van der Waals surface area contributed by atoms with Crippen molar-refractivity contribution < 1.29 is 4.39 Å². The Labute approximate surface area is 161 Å². The Morgan fingerprint density at radius 2 is 1.89 bits per heavy atom. The van der Waals surface area contributed by atoms with E-state index in [1.165, 1.54) is 10.7 Å². The van der Waals surface area contributed by atoms with Gasteiger partial charge in [-0.1, -0.05) is 24.3 Å². The van der Waals surface area contributed by atoms with Gasteiger partial charge in [0, 0.05) is 0 Å². The molecule has 27 heavy (non-hydrogen) atoms. The molecule has 0 atom stereocenters. The van der Waals surface area contributed by atoms with E-state index in [0.29, 0.717) is 33.8 Å². The first-order chi connectivity index (χ1) is 13.2. The Hall–Kier alpha value is -3.38. The van der Waals surface area contributed by atoms with Crippen LogP contribution in [0.15, 0.2) is 59.3 Å². The van der Waals surface area contributed by atoms with Crippen molar-refractivity contribution >= 4 is 15.9 Å². The zero-order valence-corrected chi connectivity index (χ0v) is 15.4. The molecule has 0 spiro atoms. The van der Waals surface area contributed by atoms with Crippen LogP contribution >= 0.6 is 15.9 Å². The summed E-state index contributed by atoms with van der Waals surface area (Å²) in [4.78, 5) is 0. The molecule has 0 amide bonds. The van der Waals surface area contributed by atoms with E-state index in [4.69, 9.17) is 5.26 Å². The molecule has 0 bridgehead atoms. The Kier molecular flexibility index (Phi) is 4.48. The average Bonchev–Trinajstić information content (AvgIpc) is 3.29. The van der Waals surface area contributed by atoms with E-state index in [2.05, 4.69) is 42.6 Å². The molecule has 132 valence electrons. The minimum absolute atomic E-state index is 0.321. The molecular weight excluding hydrogens is 413 g/mol. The summed E-state index contributed by atoms with van der Waals surface area (Å²) < 4.78 is 17.7. The summed E-state index contributed by atoms with van der Waals surface area (Å²) in [6.45, 7) is 0.422. The molecule has 0 unspecified atom stereocenters. The highest BCUT2D eigenvalue weighted by atomic mass is 79.9. The van der Waals surface area contributed by atoms with Gasteiger partial charge in [0.25, 0.3) is 0 Å². The number of nitrogens with zero attached hydrogens (tertiary/aromatic N) is 7. The van der Waals surface area contributed by atoms with Crippen molar-refractivity contribution in [1.29, 1.82) is 5.26 Å². The van der Waals surface area contributed by atoms with Gasteiger partial charge in [-0.25, -0.2) is 13.8 Å². The number of hydrogen-bond acceptors (Lipinski definition) is 5. The highest BCUT2D eigenvalue weighted by Gasteiger charge is 2.19. The average molecular weight is 424 g/mol. The van der Waals surface area contributed by atoms with Crippen molar-refractivity contribution in [3.05, 3.63) is 76.3 Å². The van der Waals surface area contributed by atoms with Crippen LogP contribution in [0, 0.1) is 17.1 Å². The van der Waals surface area contributed by atoms with Gasteiger partial charge >= 0.3 is 0 Å². The van der Waals surface area contributed by atoms with Crippen molar-refractivity contribution in [2.75, 3.05) is 0 Å². The van der Waals surface area contributed by atoms with Crippen LogP contribution in [0.25, 0.3) is 17.1 Å². The number of tetrazole rings is 1. The topological polar surface area (TPSA) is 85.2 Å². The van der Waals surface area contributed by atoms with Gasteiger partial charge in [-0.15, -0.1) is 5.10 Å². The lowest BCUT2D eigenvalue weighted by molar-refractivity contribution is 0.609. The summed E-state index contributed by atoms with van der Waals surface area (Å²) in [5, 5.41) is 25.0. The molecular formula is C18H11BrFN7. The van der Waals surface area contributed by atoms with E-state index >= 15 is 0 Å². The highest BCUT2D eigenvalue weighted by Crippen LogP contribution is 2.29. The molecule has 4 aromatic rings. The minimum Gasteiger partial charge on any atom is -0.223 e. The smallest absolute Gasteiger partial charge is 0.186 e. The summed E-state index contributed by atoms with van der Waals surface area (Å²) >= 11 is 3.47. The second-order valence-corrected chi connectivity index (χ2v) is 6.43. The van der Waals surface area contributed by atoms with E-state index in [9.17, 15) is 4.39 Å². The number of hydrogen-bond donors (Lipinski definition) is 0. The maximum atomic E-state index is 14.1. The fourth-order valence-electron chi connectivity index (χ4n) is 2.64. The lowest BCUT2D eigenvalue weighted by Gasteiger charge is -2.06. The quantitative estimate of drug-likeness (QED) is 0.502. The molecule has 4 rings (SSSR count). The van der Waals surface area contributed by atoms with Gasteiger partial charge in [-0.2, -0.15) is 10.4 Å². The van der Waals surface area contributed by atoms with E-state index in [0.717, 1.165) is 5.56 Å². The molecule has 0 aliphatic heterocycles. The molecule has 2 heterocycles. The Bertz CT molecular complexity index is 1140. The maximum Gasteiger partial charge on any atom is 0.186 e. The Balaban J connectivity index is 1.69. The number of benzene rings is 2. The van der Waals surface area contributed by atoms with Crippen molar-refractivity contribution in [3.63, 3.8) is 0 Å². The third-order valence-electron chi connectivity index (χ3n) is 3.98. The standard InChI is InChI=1S/C18H11BrFN7/c19-17-14(10-22-27(17)16-4-2-1-3-15(16)20)18-23-24-25-26(18)11-13-7-5-12(9-21)6-8-13/h1-8,10H,11H2. The van der Waals surface area contributed by atoms with Crippen LogP contribution in [0.1, 0.15) is 11.1 Å². The van der Waals surface area contributed by atoms with Crippen LogP contribution in [-0.2, 0) is 6.54 Å². The zero-order chi connectivity index (χ0) is 18.8. The van der Waals surface area contributed by atoms with Crippen LogP contribution in [0.5, 0.6) is 0 Å². The van der Waals surface area contributed by atoms with E-state index in [1.54, 1.807) is 41.2 Å². The van der Waals surface area contributed by atoms with Gasteiger partial charge in [0.05, 0.1) is 29.9 Å². The number of nitriles is 1. The van der Waals surface area contributed by atoms with Crippen molar-refractivity contribution in [2.45, 2.75) is 6.54 Å². The summed E-state index contributed by atoms with van der Waals surface area (Å²) in [6, 6.07) is 15.6. The second kappa shape index (κ2) is 7.09. The van der Waals surface area contributed by atoms with Gasteiger partial charge in [0.2, 0.25) is 0 Å². The van der Waals surface area contributed by atoms with Crippen LogP contribution in [0.4, 0.5) is 4.39 Å². The molecule has 0 aliphatic carbocycles. The van der Waals surface area contributed by atoms with E-state index in [1.807, 2.05) is 12.1 Å². The number of aromatic nitrogens is 6. The molecule has 0 saturated heterocycles. The van der Waals surface area contributed by atoms with Crippen molar-refractivity contribution in [1.82, 2.24) is 30.0 Å². The minimum atomic E-state index is -0.384. The molecule has 0 N–H and O–H groups in total. The molecule has 2 aromatic carbocycles. The normalized spacial score (nSPS) is 10.7. The second-order valence-electron chi connectivity index (χ2n) is 5.68. The summed E-state index contributed by atoms with van der Waals surface area (Å²) in [7, 11) is 0. The Morgan fingerprint density at radius 1 is 1.11 bits per heavy atom. The number of rotatable bonds is 4. The van der Waals surface area contributed by atoms with Gasteiger partial charge in [-0.05, 0) is 56.2 Å². The van der Waals surface area contributed by atoms with Crippen LogP contribution in [0.3, 0.4) is 0 Å². The lowest BCUT2D eigenvalue weighted by atomic mass is 10.1. The monoisotopic (exact) mass is 423 g/mol. The summed E-state index contributed by atoms with van der Waals surface area (Å²) in [5.74, 6) is 0.110. The van der Waals surface area contributed by atoms with Crippen LogP contribution in [0.2, 0.25) is 0 Å². The summed E-state index contributed by atoms with van der Waals surface area (Å²) in [5.41, 5.74) is 2.49. The van der Waals surface area contributed by atoms with Crippen molar-refractivity contribution in [3.8, 4) is 23.1 Å². The first kappa shape index (κ1) is 17.1. The maximum absolute atomic E-state index is 14.1. The highest BCUT2D eigenvalue weighted by molar-refractivity contribution is 9.10. The molecule has 9 heteroatoms. The van der Waals surface area contributed by atoms with E-state index < -0.39 is 0 Å². The molecule has 0 radical (unpaired) electrons. The van der Waals surface area contributed by atoms with Gasteiger partial charge in [-0.3, -0.25) is 0 Å². The summed E-state index contributed by atoms with van der Waals surface area (Å²) in [6.07, 6.45) is 1.58. The molecule has 0 fully saturated rings. The third-order valence-corrected chi connectivity index (χ3v) is 4.74. The zero-order valence-electron chi connectivity index (χ0n) is 13.8. The first-order valence-electron chi connectivity index (χ1n) is 7.91. The third kappa shape index (κ3) is 3.22. The molecule has 7 nitrogen and oxygen atoms in total. The molecule has 2 aromatic heterocycles. The molecule has 0 aliphatic rings. The van der Waals surface area contributed by atoms with Gasteiger partial charge < -0.3 is 0 Å². The SMILES string of the molecule is N#Cc1ccc(Cn2nnnc2-c2cnn(-c3ccccc3F)c2Br)cc1. The fraction of sp³-hybridized carbons (Fsp3) is 0.0556. The van der Waals surface area contributed by atoms with E-state index in [-0.39, 0.29) is 5.82 Å². The molecule has 0 saturated carbocycles. The van der Waals surface area contributed by atoms with Gasteiger partial charge in [0.15, 0.2) is 5.82 Å². The lowest BCUT2D eigenvalue weighted by Crippen LogP contribution is -2.05. The van der Waals surface area contributed by atoms with Crippen molar-refractivity contribution in [2.24, 2.45) is 0 Å². The predicted octanol–water partition coefficient (Wildman–Crippen LogP) is 3.35. The largest absolute Gasteiger partial charge is 0.223 e. The van der Waals surface area contributed by atoms with Gasteiger partial charge in [0.1, 0.15) is 16.1 Å².